The van der Waals surface area contributed by atoms with Gasteiger partial charge in [0.25, 0.3) is 0 Å². The summed E-state index contributed by atoms with van der Waals surface area (Å²) in [7, 11) is 0. The average molecular weight is 135 g/mol. The fraction of sp³-hybridized carbons (Fsp3) is 0.833. The Balaban J connectivity index is 0. The van der Waals surface area contributed by atoms with Crippen molar-refractivity contribution in [2.75, 3.05) is 13.2 Å². The van der Waals surface area contributed by atoms with Gasteiger partial charge in [0.2, 0.25) is 5.91 Å². The first-order valence-corrected chi connectivity index (χ1v) is 3.02. The summed E-state index contributed by atoms with van der Waals surface area (Å²) in [5.74, 6) is -0.135. The Morgan fingerprint density at radius 1 is 1.78 bits per heavy atom. The molecule has 3 heteroatoms. The molecule has 0 heterocycles. The molecule has 56 valence electrons. The van der Waals surface area contributed by atoms with Gasteiger partial charge < -0.3 is 5.32 Å². The highest BCUT2D eigenvalue weighted by molar-refractivity contribution is 5.77. The maximum atomic E-state index is 11.4. The molecule has 0 rings (SSSR count). The third-order valence-corrected chi connectivity index (χ3v) is 0.918. The summed E-state index contributed by atoms with van der Waals surface area (Å²) in [5.41, 5.74) is 0. The lowest BCUT2D eigenvalue weighted by Gasteiger charge is -2.03. The monoisotopic (exact) mass is 135 g/mol. The van der Waals surface area contributed by atoms with E-state index in [4.69, 9.17) is 0 Å². The molecule has 0 aromatic carbocycles. The first kappa shape index (κ1) is 8.40. The van der Waals surface area contributed by atoms with E-state index in [1.54, 1.807) is 13.8 Å². The van der Waals surface area contributed by atoms with Crippen LogP contribution in [0.25, 0.3) is 0 Å². The fourth-order valence-corrected chi connectivity index (χ4v) is 0.375. The molecule has 0 aromatic rings. The Kier molecular flexibility index (Phi) is 4.01. The van der Waals surface area contributed by atoms with Gasteiger partial charge in [-0.3, -0.25) is 4.79 Å². The lowest BCUT2D eigenvalue weighted by Crippen LogP contribution is -2.29. The Hall–Kier alpha value is -0.600. The van der Waals surface area contributed by atoms with E-state index >= 15 is 0 Å². The van der Waals surface area contributed by atoms with Gasteiger partial charge in [-0.1, -0.05) is 13.8 Å². The number of alkyl halides is 1. The predicted molar refractivity (Wildman–Crippen MR) is 35.9 cm³/mol. The first-order valence-electron chi connectivity index (χ1n) is 3.02. The van der Waals surface area contributed by atoms with Crippen molar-refractivity contribution in [1.29, 1.82) is 0 Å². The smallest absolute Gasteiger partial charge is 0.222 e. The van der Waals surface area contributed by atoms with Crippen molar-refractivity contribution in [3.05, 3.63) is 0 Å². The van der Waals surface area contributed by atoms with Crippen LogP contribution in [0.1, 0.15) is 15.3 Å². The molecule has 1 amide bonds. The van der Waals surface area contributed by atoms with E-state index in [1.165, 1.54) is 0 Å². The predicted octanol–water partition coefficient (Wildman–Crippen LogP) is 0.974. The summed E-state index contributed by atoms with van der Waals surface area (Å²) in [6.45, 7) is 3.19. The number of carbonyl (C=O) groups excluding carboxylic acids is 1. The Morgan fingerprint density at radius 2 is 2.33 bits per heavy atom. The van der Waals surface area contributed by atoms with Crippen LogP contribution >= 0.6 is 0 Å². The minimum atomic E-state index is -0.488. The number of hydrogen-bond donors (Lipinski definition) is 1. The van der Waals surface area contributed by atoms with Crippen LogP contribution in [0.2, 0.25) is 0 Å². The van der Waals surface area contributed by atoms with Crippen LogP contribution < -0.4 is 5.32 Å². The highest BCUT2D eigenvalue weighted by Crippen LogP contribution is 1.88. The Labute approximate surface area is 55.9 Å². The molecular formula is C6H14FNO. The summed E-state index contributed by atoms with van der Waals surface area (Å²) in [6.07, 6.45) is 0. The van der Waals surface area contributed by atoms with Gasteiger partial charge in [0.15, 0.2) is 0 Å². The molecular weight excluding hydrogens is 121 g/mol. The van der Waals surface area contributed by atoms with Crippen LogP contribution in [0.5, 0.6) is 0 Å². The molecule has 9 heavy (non-hydrogen) atoms. The second-order valence-electron chi connectivity index (χ2n) is 2.13. The van der Waals surface area contributed by atoms with Gasteiger partial charge in [-0.25, -0.2) is 4.39 Å². The second kappa shape index (κ2) is 4.30. The van der Waals surface area contributed by atoms with Gasteiger partial charge in [0.05, 0.1) is 0 Å². The van der Waals surface area contributed by atoms with Crippen molar-refractivity contribution in [3.63, 3.8) is 0 Å². The maximum Gasteiger partial charge on any atom is 0.222 e. The van der Waals surface area contributed by atoms with Crippen LogP contribution in [0.3, 0.4) is 0 Å². The molecule has 1 N–H and O–H groups in total. The number of nitrogens with one attached hydrogen (secondary N) is 1. The van der Waals surface area contributed by atoms with E-state index in [-0.39, 0.29) is 19.8 Å². The van der Waals surface area contributed by atoms with Crippen molar-refractivity contribution in [2.24, 2.45) is 5.92 Å². The van der Waals surface area contributed by atoms with Crippen molar-refractivity contribution in [1.82, 2.24) is 5.32 Å². The molecule has 0 unspecified atom stereocenters. The zero-order valence-electron chi connectivity index (χ0n) is 5.78. The van der Waals surface area contributed by atoms with Gasteiger partial charge in [0, 0.05) is 13.9 Å². The van der Waals surface area contributed by atoms with Crippen LogP contribution in [0.4, 0.5) is 4.39 Å². The average Bonchev–Trinajstić information content (AvgIpc) is 1.82. The third kappa shape index (κ3) is 3.94. The van der Waals surface area contributed by atoms with E-state index in [2.05, 4.69) is 5.32 Å². The second-order valence-corrected chi connectivity index (χ2v) is 2.13. The standard InChI is InChI=1S/C6H12FNO.H2/c1-5(2)6(9)8-4-3-7;/h5H,3-4H2,1-2H3,(H,8,9);1H. The zero-order chi connectivity index (χ0) is 7.28. The van der Waals surface area contributed by atoms with Crippen LogP contribution in [-0.4, -0.2) is 19.1 Å². The molecule has 0 spiro atoms. The summed E-state index contributed by atoms with van der Waals surface area (Å²) in [4.78, 5) is 10.6. The number of carbonyl (C=O) groups is 1. The minimum absolute atomic E-state index is 0. The third-order valence-electron chi connectivity index (χ3n) is 0.918. The molecule has 0 aliphatic carbocycles. The highest BCUT2D eigenvalue weighted by atomic mass is 19.1. The van der Waals surface area contributed by atoms with Crippen LogP contribution in [0.15, 0.2) is 0 Å². The minimum Gasteiger partial charge on any atom is -0.353 e. The molecule has 0 radical (unpaired) electrons. The largest absolute Gasteiger partial charge is 0.353 e. The van der Waals surface area contributed by atoms with E-state index in [0.717, 1.165) is 0 Å². The maximum absolute atomic E-state index is 11.4. The van der Waals surface area contributed by atoms with E-state index in [1.807, 2.05) is 0 Å². The van der Waals surface area contributed by atoms with Crippen molar-refractivity contribution in [2.45, 2.75) is 13.8 Å². The van der Waals surface area contributed by atoms with Crippen molar-refractivity contribution in [3.8, 4) is 0 Å². The lowest BCUT2D eigenvalue weighted by molar-refractivity contribution is -0.124. The fourth-order valence-electron chi connectivity index (χ4n) is 0.375. The van der Waals surface area contributed by atoms with Gasteiger partial charge in [-0.2, -0.15) is 0 Å². The summed E-state index contributed by atoms with van der Waals surface area (Å²) >= 11 is 0. The first-order chi connectivity index (χ1) is 4.18. The zero-order valence-corrected chi connectivity index (χ0v) is 5.78. The Bertz CT molecular complexity index is 97.7. The number of hydrogen-bond acceptors (Lipinski definition) is 1. The number of amides is 1. The van der Waals surface area contributed by atoms with Crippen molar-refractivity contribution >= 4 is 5.91 Å². The molecule has 0 saturated carbocycles. The Morgan fingerprint density at radius 3 is 2.67 bits per heavy atom. The van der Waals surface area contributed by atoms with Gasteiger partial charge in [-0.15, -0.1) is 0 Å². The lowest BCUT2D eigenvalue weighted by atomic mass is 10.2. The van der Waals surface area contributed by atoms with E-state index < -0.39 is 6.67 Å². The van der Waals surface area contributed by atoms with Gasteiger partial charge in [0.1, 0.15) is 6.67 Å². The number of halogens is 1. The van der Waals surface area contributed by atoms with Crippen molar-refractivity contribution < 1.29 is 10.6 Å². The van der Waals surface area contributed by atoms with E-state index in [9.17, 15) is 9.18 Å². The number of rotatable bonds is 3. The summed E-state index contributed by atoms with van der Waals surface area (Å²) in [5, 5.41) is 2.42. The molecule has 0 atom stereocenters. The molecule has 0 bridgehead atoms. The molecule has 0 aromatic heterocycles. The van der Waals surface area contributed by atoms with Gasteiger partial charge in [-0.05, 0) is 0 Å². The summed E-state index contributed by atoms with van der Waals surface area (Å²) in [6, 6.07) is 0. The molecule has 2 nitrogen and oxygen atoms in total. The quantitative estimate of drug-likeness (QED) is 0.614. The van der Waals surface area contributed by atoms with Gasteiger partial charge >= 0.3 is 0 Å². The molecule has 0 fully saturated rings. The SMILES string of the molecule is CC(C)C(=O)NCCF.[HH]. The van der Waals surface area contributed by atoms with Crippen LogP contribution in [-0.2, 0) is 4.79 Å². The summed E-state index contributed by atoms with van der Waals surface area (Å²) < 4.78 is 11.4. The molecule has 0 aliphatic heterocycles. The topological polar surface area (TPSA) is 29.1 Å². The molecule has 0 aliphatic rings. The molecule has 0 saturated heterocycles. The van der Waals surface area contributed by atoms with Crippen LogP contribution in [0, 0.1) is 5.92 Å². The highest BCUT2D eigenvalue weighted by Gasteiger charge is 2.03. The normalized spacial score (nSPS) is 9.78. The van der Waals surface area contributed by atoms with E-state index in [0.29, 0.717) is 0 Å².